The molecule has 0 bridgehead atoms. The van der Waals surface area contributed by atoms with E-state index in [0.29, 0.717) is 12.2 Å². The molecule has 8 heteroatoms. The summed E-state index contributed by atoms with van der Waals surface area (Å²) in [5, 5.41) is 0. The minimum absolute atomic E-state index is 0.368. The molecule has 0 aliphatic rings. The van der Waals surface area contributed by atoms with Gasteiger partial charge in [-0.15, -0.1) is 0 Å². The van der Waals surface area contributed by atoms with Gasteiger partial charge >= 0.3 is 13.8 Å². The Hall–Kier alpha value is -0.720. The van der Waals surface area contributed by atoms with Crippen molar-refractivity contribution in [1.82, 2.24) is 0 Å². The molecule has 0 aromatic rings. The fraction of sp³-hybridized carbons (Fsp3) is 0.864. The van der Waals surface area contributed by atoms with E-state index in [1.54, 1.807) is 6.92 Å². The second-order valence-corrected chi connectivity index (χ2v) is 8.82. The fourth-order valence-electron chi connectivity index (χ4n) is 2.88. The van der Waals surface area contributed by atoms with Crippen molar-refractivity contribution in [3.8, 4) is 0 Å². The fourth-order valence-corrected chi connectivity index (χ4v) is 2.88. The first-order chi connectivity index (χ1) is 14.2. The lowest BCUT2D eigenvalue weighted by Crippen LogP contribution is -2.06. The Morgan fingerprint density at radius 1 is 0.733 bits per heavy atom. The Kier molecular flexibility index (Phi) is 24.1. The van der Waals surface area contributed by atoms with E-state index in [1.165, 1.54) is 89.9 Å². The van der Waals surface area contributed by atoms with E-state index in [-0.39, 0.29) is 0 Å². The van der Waals surface area contributed by atoms with Gasteiger partial charge in [-0.3, -0.25) is 4.89 Å². The molecule has 0 rings (SSSR count). The van der Waals surface area contributed by atoms with E-state index in [0.717, 1.165) is 12.8 Å². The van der Waals surface area contributed by atoms with Gasteiger partial charge in [0.25, 0.3) is 0 Å². The monoisotopic (exact) mass is 452 g/mol. The molecular formula is C22H45O7P. The normalized spacial score (nSPS) is 11.0. The van der Waals surface area contributed by atoms with Crippen molar-refractivity contribution in [2.24, 2.45) is 0 Å². The van der Waals surface area contributed by atoms with E-state index in [2.05, 4.69) is 18.4 Å². The Morgan fingerprint density at radius 3 is 1.33 bits per heavy atom. The van der Waals surface area contributed by atoms with Crippen LogP contribution in [0.4, 0.5) is 0 Å². The Bertz CT molecular complexity index is 441. The van der Waals surface area contributed by atoms with Gasteiger partial charge in [-0.05, 0) is 13.3 Å². The predicted molar refractivity (Wildman–Crippen MR) is 121 cm³/mol. The third kappa shape index (κ3) is 34.8. The van der Waals surface area contributed by atoms with Crippen LogP contribution >= 0.6 is 7.82 Å². The summed E-state index contributed by atoms with van der Waals surface area (Å²) in [6.07, 6.45) is 21.5. The topological polar surface area (TPSA) is 113 Å². The highest BCUT2D eigenvalue weighted by molar-refractivity contribution is 7.45. The lowest BCUT2D eigenvalue weighted by Gasteiger charge is -2.04. The molecular weight excluding hydrogens is 407 g/mol. The van der Waals surface area contributed by atoms with Crippen LogP contribution in [0.5, 0.6) is 0 Å². The molecule has 0 aliphatic heterocycles. The van der Waals surface area contributed by atoms with E-state index in [4.69, 9.17) is 24.1 Å². The summed E-state index contributed by atoms with van der Waals surface area (Å²) in [6.45, 7) is 7.87. The summed E-state index contributed by atoms with van der Waals surface area (Å²) in [7, 11) is -4.64. The minimum Gasteiger partial charge on any atom is -0.303 e. The predicted octanol–water partition coefficient (Wildman–Crippen LogP) is 6.37. The molecule has 0 spiro atoms. The van der Waals surface area contributed by atoms with E-state index < -0.39 is 13.8 Å². The van der Waals surface area contributed by atoms with E-state index in [9.17, 15) is 4.79 Å². The highest BCUT2D eigenvalue weighted by atomic mass is 31.2. The highest BCUT2D eigenvalue weighted by Crippen LogP contribution is 2.25. The summed E-state index contributed by atoms with van der Waals surface area (Å²) < 4.78 is 8.88. The van der Waals surface area contributed by atoms with Crippen molar-refractivity contribution in [3.05, 3.63) is 12.2 Å². The quantitative estimate of drug-likeness (QED) is 0.0686. The SMILES string of the molecule is C=C(C)C(=O)OOCCCCCCCCCCCCCCCCCC.O=P(O)(O)O. The number of carbonyl (C=O) groups excluding carboxylic acids is 1. The Morgan fingerprint density at radius 2 is 1.03 bits per heavy atom. The molecule has 0 aromatic carbocycles. The molecule has 0 saturated heterocycles. The van der Waals surface area contributed by atoms with E-state index in [1.807, 2.05) is 0 Å². The van der Waals surface area contributed by atoms with Crippen molar-refractivity contribution >= 4 is 13.8 Å². The van der Waals surface area contributed by atoms with Crippen LogP contribution in [0.15, 0.2) is 12.2 Å². The second kappa shape index (κ2) is 23.0. The van der Waals surface area contributed by atoms with Crippen molar-refractivity contribution in [2.75, 3.05) is 6.61 Å². The van der Waals surface area contributed by atoms with Crippen LogP contribution < -0.4 is 0 Å². The molecule has 0 heterocycles. The van der Waals surface area contributed by atoms with Gasteiger partial charge < -0.3 is 14.7 Å². The van der Waals surface area contributed by atoms with Crippen LogP contribution in [-0.2, 0) is 19.1 Å². The molecule has 0 radical (unpaired) electrons. The molecule has 0 saturated carbocycles. The molecule has 0 aliphatic carbocycles. The standard InChI is InChI=1S/C22H42O3.H3O4P/c1-4-5-6-7-8-9-10-11-12-13-14-15-16-17-18-19-20-24-25-22(23)21(2)3;1-5(2,3)4/h2,4-20H2,1,3H3;(H3,1,2,3,4). The molecule has 180 valence electrons. The van der Waals surface area contributed by atoms with Gasteiger partial charge in [-0.25, -0.2) is 9.36 Å². The van der Waals surface area contributed by atoms with Crippen molar-refractivity contribution < 1.29 is 33.8 Å². The van der Waals surface area contributed by atoms with Gasteiger partial charge in [-0.2, -0.15) is 4.89 Å². The zero-order valence-electron chi connectivity index (χ0n) is 19.1. The molecule has 0 atom stereocenters. The number of unbranched alkanes of at least 4 members (excludes halogenated alkanes) is 15. The maximum Gasteiger partial charge on any atom is 0.466 e. The smallest absolute Gasteiger partial charge is 0.303 e. The van der Waals surface area contributed by atoms with Gasteiger partial charge in [-0.1, -0.05) is 110 Å². The van der Waals surface area contributed by atoms with Gasteiger partial charge in [0, 0.05) is 5.57 Å². The summed E-state index contributed by atoms with van der Waals surface area (Å²) in [6, 6.07) is 0. The average Bonchev–Trinajstić information content (AvgIpc) is 2.65. The minimum atomic E-state index is -4.64. The van der Waals surface area contributed by atoms with Crippen LogP contribution in [0, 0.1) is 0 Å². The summed E-state index contributed by atoms with van der Waals surface area (Å²) in [5.41, 5.74) is 0.368. The van der Waals surface area contributed by atoms with Gasteiger partial charge in [0.15, 0.2) is 0 Å². The van der Waals surface area contributed by atoms with Crippen molar-refractivity contribution in [1.29, 1.82) is 0 Å². The van der Waals surface area contributed by atoms with Gasteiger partial charge in [0.05, 0.1) is 6.61 Å². The maximum atomic E-state index is 11.1. The zero-order chi connectivity index (χ0) is 23.1. The van der Waals surface area contributed by atoms with Crippen molar-refractivity contribution in [3.63, 3.8) is 0 Å². The summed E-state index contributed by atoms with van der Waals surface area (Å²) in [4.78, 5) is 42.1. The van der Waals surface area contributed by atoms with E-state index >= 15 is 0 Å². The lowest BCUT2D eigenvalue weighted by atomic mass is 10.0. The Labute approximate surface area is 183 Å². The number of carbonyl (C=O) groups is 1. The number of rotatable bonds is 19. The molecule has 0 amide bonds. The van der Waals surface area contributed by atoms with Crippen molar-refractivity contribution in [2.45, 2.75) is 117 Å². The lowest BCUT2D eigenvalue weighted by molar-refractivity contribution is -0.268. The van der Waals surface area contributed by atoms with Crippen LogP contribution in [-0.4, -0.2) is 27.3 Å². The first kappa shape index (κ1) is 31.5. The third-order valence-corrected chi connectivity index (χ3v) is 4.56. The van der Waals surface area contributed by atoms with Crippen LogP contribution in [0.3, 0.4) is 0 Å². The average molecular weight is 453 g/mol. The largest absolute Gasteiger partial charge is 0.466 e. The molecule has 7 nitrogen and oxygen atoms in total. The summed E-state index contributed by atoms with van der Waals surface area (Å²) >= 11 is 0. The first-order valence-corrected chi connectivity index (χ1v) is 13.0. The van der Waals surface area contributed by atoms with Crippen LogP contribution in [0.1, 0.15) is 117 Å². The van der Waals surface area contributed by atoms with Gasteiger partial charge in [0.1, 0.15) is 0 Å². The second-order valence-electron chi connectivity index (χ2n) is 7.79. The summed E-state index contributed by atoms with van der Waals surface area (Å²) in [5.74, 6) is -0.475. The zero-order valence-corrected chi connectivity index (χ0v) is 20.0. The number of phosphoric acid groups is 1. The molecule has 0 aromatic heterocycles. The number of hydrogen-bond acceptors (Lipinski definition) is 4. The van der Waals surface area contributed by atoms with Gasteiger partial charge in [0.2, 0.25) is 0 Å². The Balaban J connectivity index is 0. The molecule has 0 fully saturated rings. The highest BCUT2D eigenvalue weighted by Gasteiger charge is 2.03. The molecule has 30 heavy (non-hydrogen) atoms. The van der Waals surface area contributed by atoms with Crippen LogP contribution in [0.2, 0.25) is 0 Å². The molecule has 3 N–H and O–H groups in total. The number of hydrogen-bond donors (Lipinski definition) is 3. The molecule has 0 unspecified atom stereocenters. The third-order valence-electron chi connectivity index (χ3n) is 4.56. The van der Waals surface area contributed by atoms with Crippen LogP contribution in [0.25, 0.3) is 0 Å². The maximum absolute atomic E-state index is 11.1. The first-order valence-electron chi connectivity index (χ1n) is 11.5.